The molecule has 0 spiro atoms. The van der Waals surface area contributed by atoms with Gasteiger partial charge in [-0.2, -0.15) is 5.10 Å². The van der Waals surface area contributed by atoms with Crippen LogP contribution in [0.2, 0.25) is 0 Å². The average molecular weight is 453 g/mol. The molecule has 0 fully saturated rings. The van der Waals surface area contributed by atoms with Gasteiger partial charge in [-0.05, 0) is 25.5 Å². The number of nitrogens with one attached hydrogen (secondary N) is 2. The number of para-hydroxylation sites is 1. The Morgan fingerprint density at radius 1 is 1.24 bits per heavy atom. The Balaban J connectivity index is 0.00000225. The molecule has 2 heterocycles. The van der Waals surface area contributed by atoms with Crippen LogP contribution in [-0.2, 0) is 13.1 Å². The predicted octanol–water partition coefficient (Wildman–Crippen LogP) is 3.31. The van der Waals surface area contributed by atoms with Gasteiger partial charge in [-0.3, -0.25) is 9.67 Å². The van der Waals surface area contributed by atoms with E-state index in [0.29, 0.717) is 6.54 Å². The molecule has 0 aliphatic rings. The fraction of sp³-hybridized carbons (Fsp3) is 0.333. The van der Waals surface area contributed by atoms with Gasteiger partial charge < -0.3 is 15.1 Å². The van der Waals surface area contributed by atoms with Gasteiger partial charge in [0.15, 0.2) is 5.96 Å². The van der Waals surface area contributed by atoms with E-state index in [9.17, 15) is 0 Å². The fourth-order valence-corrected chi connectivity index (χ4v) is 2.66. The minimum Gasteiger partial charge on any atom is -0.459 e. The molecular formula is C18H24IN5O. The molecule has 0 bridgehead atoms. The predicted molar refractivity (Wildman–Crippen MR) is 111 cm³/mol. The molecule has 3 rings (SSSR count). The van der Waals surface area contributed by atoms with Crippen molar-refractivity contribution in [2.75, 3.05) is 13.6 Å². The number of guanidine groups is 1. The second-order valence-corrected chi connectivity index (χ2v) is 5.62. The summed E-state index contributed by atoms with van der Waals surface area (Å²) in [6, 6.07) is 10.0. The van der Waals surface area contributed by atoms with Crippen LogP contribution < -0.4 is 10.6 Å². The van der Waals surface area contributed by atoms with Crippen molar-refractivity contribution in [1.29, 1.82) is 0 Å². The number of hydrogen-bond donors (Lipinski definition) is 2. The van der Waals surface area contributed by atoms with Crippen molar-refractivity contribution in [3.05, 3.63) is 54.0 Å². The summed E-state index contributed by atoms with van der Waals surface area (Å²) >= 11 is 0. The third-order valence-electron chi connectivity index (χ3n) is 4.00. The molecular weight excluding hydrogens is 429 g/mol. The Hall–Kier alpha value is -2.03. The number of aliphatic imine (C=N–C) groups is 1. The Bertz CT molecular complexity index is 810. The number of furan rings is 1. The summed E-state index contributed by atoms with van der Waals surface area (Å²) in [4.78, 5) is 4.25. The lowest BCUT2D eigenvalue weighted by Crippen LogP contribution is -2.37. The zero-order valence-electron chi connectivity index (χ0n) is 14.5. The maximum Gasteiger partial charge on any atom is 0.191 e. The standard InChI is InChI=1S/C18H23N5O.HI/c1-14-15-7-3-4-8-16(15)24-17(14)13-21-18(19-2)20-9-5-11-23-12-6-10-22-23;/h3-4,6-8,10,12H,5,9,11,13H2,1-2H3,(H2,19,20,21);1H. The van der Waals surface area contributed by atoms with Crippen molar-refractivity contribution < 1.29 is 4.42 Å². The number of aromatic nitrogens is 2. The lowest BCUT2D eigenvalue weighted by atomic mass is 10.1. The molecule has 2 N–H and O–H groups in total. The summed E-state index contributed by atoms with van der Waals surface area (Å²) in [5.74, 6) is 1.71. The molecule has 0 radical (unpaired) electrons. The first-order valence-electron chi connectivity index (χ1n) is 8.17. The highest BCUT2D eigenvalue weighted by atomic mass is 127. The first kappa shape index (κ1) is 19.3. The molecule has 0 saturated heterocycles. The molecule has 0 saturated carbocycles. The Morgan fingerprint density at radius 3 is 2.80 bits per heavy atom. The van der Waals surface area contributed by atoms with Gasteiger partial charge in [0.2, 0.25) is 0 Å². The van der Waals surface area contributed by atoms with Crippen LogP contribution in [0.25, 0.3) is 11.0 Å². The van der Waals surface area contributed by atoms with Gasteiger partial charge in [0.05, 0.1) is 6.54 Å². The van der Waals surface area contributed by atoms with Crippen molar-refractivity contribution in [2.45, 2.75) is 26.4 Å². The number of aryl methyl sites for hydroxylation is 2. The zero-order chi connectivity index (χ0) is 16.8. The molecule has 134 valence electrons. The summed E-state index contributed by atoms with van der Waals surface area (Å²) in [5, 5.41) is 12.0. The van der Waals surface area contributed by atoms with Gasteiger partial charge in [0.25, 0.3) is 0 Å². The molecule has 6 nitrogen and oxygen atoms in total. The van der Waals surface area contributed by atoms with Crippen LogP contribution in [0.4, 0.5) is 0 Å². The molecule has 0 aliphatic heterocycles. The molecule has 0 amide bonds. The van der Waals surface area contributed by atoms with E-state index in [4.69, 9.17) is 4.42 Å². The van der Waals surface area contributed by atoms with Gasteiger partial charge >= 0.3 is 0 Å². The highest BCUT2D eigenvalue weighted by molar-refractivity contribution is 14.0. The van der Waals surface area contributed by atoms with Crippen molar-refractivity contribution in [3.63, 3.8) is 0 Å². The van der Waals surface area contributed by atoms with E-state index < -0.39 is 0 Å². The molecule has 7 heteroatoms. The highest BCUT2D eigenvalue weighted by Gasteiger charge is 2.10. The smallest absolute Gasteiger partial charge is 0.191 e. The topological polar surface area (TPSA) is 67.4 Å². The third-order valence-corrected chi connectivity index (χ3v) is 4.00. The van der Waals surface area contributed by atoms with E-state index in [0.717, 1.165) is 42.2 Å². The van der Waals surface area contributed by atoms with E-state index in [2.05, 4.69) is 33.7 Å². The highest BCUT2D eigenvalue weighted by Crippen LogP contribution is 2.24. The van der Waals surface area contributed by atoms with Gasteiger partial charge in [0.1, 0.15) is 11.3 Å². The monoisotopic (exact) mass is 453 g/mol. The first-order valence-corrected chi connectivity index (χ1v) is 8.17. The van der Waals surface area contributed by atoms with Crippen LogP contribution in [0.15, 0.2) is 52.1 Å². The van der Waals surface area contributed by atoms with Gasteiger partial charge in [0, 0.05) is 43.5 Å². The van der Waals surface area contributed by atoms with Crippen LogP contribution in [0.5, 0.6) is 0 Å². The minimum absolute atomic E-state index is 0. The minimum atomic E-state index is 0. The van der Waals surface area contributed by atoms with E-state index in [1.165, 1.54) is 5.56 Å². The molecule has 0 atom stereocenters. The SMILES string of the molecule is CN=C(NCCCn1cccn1)NCc1oc2ccccc2c1C.I. The third kappa shape index (κ3) is 4.97. The van der Waals surface area contributed by atoms with Crippen molar-refractivity contribution in [2.24, 2.45) is 4.99 Å². The Kier molecular flexibility index (Phi) is 7.30. The number of hydrogen-bond acceptors (Lipinski definition) is 3. The Labute approximate surface area is 164 Å². The summed E-state index contributed by atoms with van der Waals surface area (Å²) in [6.07, 6.45) is 4.74. The van der Waals surface area contributed by atoms with Crippen molar-refractivity contribution in [3.8, 4) is 0 Å². The number of fused-ring (bicyclic) bond motifs is 1. The number of rotatable bonds is 6. The van der Waals surface area contributed by atoms with Gasteiger partial charge in [-0.1, -0.05) is 18.2 Å². The first-order chi connectivity index (χ1) is 11.8. The van der Waals surface area contributed by atoms with Crippen LogP contribution in [0.1, 0.15) is 17.7 Å². The van der Waals surface area contributed by atoms with Crippen LogP contribution >= 0.6 is 24.0 Å². The summed E-state index contributed by atoms with van der Waals surface area (Å²) in [5.41, 5.74) is 2.10. The molecule has 25 heavy (non-hydrogen) atoms. The van der Waals surface area contributed by atoms with Crippen LogP contribution in [0, 0.1) is 6.92 Å². The normalized spacial score (nSPS) is 11.4. The number of halogens is 1. The molecule has 3 aromatic rings. The molecule has 1 aromatic carbocycles. The van der Waals surface area contributed by atoms with E-state index >= 15 is 0 Å². The van der Waals surface area contributed by atoms with E-state index in [-0.39, 0.29) is 24.0 Å². The lowest BCUT2D eigenvalue weighted by Gasteiger charge is -2.11. The average Bonchev–Trinajstić information content (AvgIpc) is 3.23. The summed E-state index contributed by atoms with van der Waals surface area (Å²) in [6.45, 7) is 4.42. The van der Waals surface area contributed by atoms with E-state index in [1.54, 1.807) is 13.2 Å². The van der Waals surface area contributed by atoms with Crippen molar-refractivity contribution in [1.82, 2.24) is 20.4 Å². The number of benzene rings is 1. The second kappa shape index (κ2) is 9.45. The molecule has 2 aromatic heterocycles. The Morgan fingerprint density at radius 2 is 2.08 bits per heavy atom. The van der Waals surface area contributed by atoms with Crippen LogP contribution in [-0.4, -0.2) is 29.3 Å². The zero-order valence-corrected chi connectivity index (χ0v) is 16.9. The fourth-order valence-electron chi connectivity index (χ4n) is 2.66. The maximum atomic E-state index is 5.91. The quantitative estimate of drug-likeness (QED) is 0.260. The molecule has 0 aliphatic carbocycles. The molecule has 0 unspecified atom stereocenters. The summed E-state index contributed by atoms with van der Waals surface area (Å²) in [7, 11) is 1.77. The number of nitrogens with zero attached hydrogens (tertiary/aromatic N) is 3. The largest absolute Gasteiger partial charge is 0.459 e. The second-order valence-electron chi connectivity index (χ2n) is 5.62. The van der Waals surface area contributed by atoms with E-state index in [1.807, 2.05) is 35.1 Å². The maximum absolute atomic E-state index is 5.91. The van der Waals surface area contributed by atoms with Gasteiger partial charge in [-0.25, -0.2) is 0 Å². The lowest BCUT2D eigenvalue weighted by molar-refractivity contribution is 0.532. The van der Waals surface area contributed by atoms with Gasteiger partial charge in [-0.15, -0.1) is 24.0 Å². The van der Waals surface area contributed by atoms with Crippen LogP contribution in [0.3, 0.4) is 0 Å². The summed E-state index contributed by atoms with van der Waals surface area (Å²) < 4.78 is 7.84. The van der Waals surface area contributed by atoms with Crippen molar-refractivity contribution >= 4 is 40.9 Å².